The summed E-state index contributed by atoms with van der Waals surface area (Å²) in [7, 11) is 17.3. The Labute approximate surface area is 296 Å². The molecule has 2 atom stereocenters. The number of hydrogen-bond acceptors (Lipinski definition) is 0. The molecular formula is C44H47Cl2SiZr. The second kappa shape index (κ2) is 12.1. The van der Waals surface area contributed by atoms with E-state index in [2.05, 4.69) is 170 Å². The van der Waals surface area contributed by atoms with E-state index >= 15 is 0 Å². The number of allylic oxidation sites excluding steroid dienone is 2. The molecule has 0 saturated carbocycles. The molecule has 5 aromatic carbocycles. The van der Waals surface area contributed by atoms with Crippen molar-refractivity contribution in [3.63, 3.8) is 0 Å². The summed E-state index contributed by atoms with van der Waals surface area (Å²) in [5.74, 6) is -1.31. The number of halogens is 2. The van der Waals surface area contributed by atoms with Crippen molar-refractivity contribution in [1.82, 2.24) is 0 Å². The number of hydrogen-bond donors (Lipinski definition) is 0. The van der Waals surface area contributed by atoms with Gasteiger partial charge in [0.15, 0.2) is 0 Å². The fraction of sp³-hybridized carbons (Fsp3) is 0.273. The van der Waals surface area contributed by atoms with Crippen LogP contribution in [0.3, 0.4) is 0 Å². The Kier molecular flexibility index (Phi) is 8.56. The minimum atomic E-state index is -4.84. The van der Waals surface area contributed by atoms with Gasteiger partial charge < -0.3 is 0 Å². The summed E-state index contributed by atoms with van der Waals surface area (Å²) in [6.45, 7) is 18.7. The Morgan fingerprint density at radius 2 is 1.21 bits per heavy atom. The SMILES string of the molecule is CC1=Cc2c(-c3ccc(C(C)(C)C)cc3)cccc2[CH]1[Zr]([Cl])([Cl])([CH]1C(C(C)C)=Cc2c(-c3cccc4ccccc34)cccc21)[SiH](C)C. The molecule has 0 fully saturated rings. The van der Waals surface area contributed by atoms with E-state index in [4.69, 9.17) is 17.0 Å². The summed E-state index contributed by atoms with van der Waals surface area (Å²) in [4.78, 5) is 0. The third kappa shape index (κ3) is 5.24. The summed E-state index contributed by atoms with van der Waals surface area (Å²) in [6, 6.07) is 38.3. The molecule has 0 saturated heterocycles. The summed E-state index contributed by atoms with van der Waals surface area (Å²) in [5.41, 5.74) is 14.6. The van der Waals surface area contributed by atoms with E-state index in [1.54, 1.807) is 0 Å². The maximum absolute atomic E-state index is 8.65. The average molecular weight is 766 g/mol. The van der Waals surface area contributed by atoms with Gasteiger partial charge in [0.05, 0.1) is 0 Å². The van der Waals surface area contributed by atoms with Crippen molar-refractivity contribution in [2.24, 2.45) is 5.92 Å². The van der Waals surface area contributed by atoms with Gasteiger partial charge in [-0.05, 0) is 0 Å². The van der Waals surface area contributed by atoms with Crippen LogP contribution in [0.15, 0.2) is 114 Å². The zero-order valence-electron chi connectivity index (χ0n) is 29.5. The van der Waals surface area contributed by atoms with Crippen LogP contribution in [-0.2, 0) is 21.0 Å². The van der Waals surface area contributed by atoms with Crippen molar-refractivity contribution in [1.29, 1.82) is 0 Å². The monoisotopic (exact) mass is 763 g/mol. The standard InChI is InChI=1S/C22H19.C20H21.C2H7Si.2ClH.Zr/c1-15(2)18-13-17-9-6-12-21(22(17)14-18)20-11-5-8-16-7-3-4-10-19(16)20;1-14-12-16-6-5-7-18(19(16)13-14)15-8-10-17(11-9-15)20(2,3)4;1-3-2;;;/h3-15H,1-2H3;5-13H,1-4H3;3H,1-2H3;2*1H;/q;;;;;+2/p-2. The fourth-order valence-electron chi connectivity index (χ4n) is 8.76. The topological polar surface area (TPSA) is 0 Å². The first kappa shape index (κ1) is 34.0. The second-order valence-electron chi connectivity index (χ2n) is 15.9. The van der Waals surface area contributed by atoms with E-state index in [0.717, 1.165) is 0 Å². The number of fused-ring (bicyclic) bond motifs is 3. The molecule has 2 aliphatic rings. The first-order chi connectivity index (χ1) is 22.7. The maximum atomic E-state index is 8.65. The summed E-state index contributed by atoms with van der Waals surface area (Å²) in [5, 5.41) is 2.54. The molecule has 48 heavy (non-hydrogen) atoms. The Morgan fingerprint density at radius 1 is 0.646 bits per heavy atom. The quantitative estimate of drug-likeness (QED) is 0.151. The molecule has 2 aliphatic carbocycles. The molecule has 4 heteroatoms. The zero-order valence-corrected chi connectivity index (χ0v) is 34.7. The van der Waals surface area contributed by atoms with Gasteiger partial charge >= 0.3 is 299 Å². The Morgan fingerprint density at radius 3 is 1.85 bits per heavy atom. The van der Waals surface area contributed by atoms with Crippen LogP contribution in [0.5, 0.6) is 0 Å². The number of rotatable bonds is 6. The Balaban J connectivity index is 1.42. The zero-order chi connectivity index (χ0) is 34.2. The van der Waals surface area contributed by atoms with Crippen LogP contribution >= 0.6 is 17.0 Å². The van der Waals surface area contributed by atoms with Gasteiger partial charge in [0.2, 0.25) is 0 Å². The molecule has 0 spiro atoms. The first-order valence-electron chi connectivity index (χ1n) is 17.5. The molecule has 245 valence electrons. The van der Waals surface area contributed by atoms with Gasteiger partial charge in [-0.25, -0.2) is 0 Å². The molecule has 5 aromatic rings. The van der Waals surface area contributed by atoms with E-state index in [0.29, 0.717) is 5.92 Å². The molecule has 0 aromatic heterocycles. The van der Waals surface area contributed by atoms with E-state index in [-0.39, 0.29) is 12.7 Å². The van der Waals surface area contributed by atoms with Crippen LogP contribution in [0, 0.1) is 5.92 Å². The van der Waals surface area contributed by atoms with Gasteiger partial charge in [0.1, 0.15) is 0 Å². The van der Waals surface area contributed by atoms with Crippen molar-refractivity contribution in [3.8, 4) is 22.3 Å². The van der Waals surface area contributed by atoms with Gasteiger partial charge in [0, 0.05) is 0 Å². The van der Waals surface area contributed by atoms with Crippen LogP contribution in [0.2, 0.25) is 13.1 Å². The van der Waals surface area contributed by atoms with Gasteiger partial charge in [-0.2, -0.15) is 0 Å². The predicted octanol–water partition coefficient (Wildman–Crippen LogP) is 13.7. The molecule has 0 bridgehead atoms. The third-order valence-corrected chi connectivity index (χ3v) is 63.4. The molecule has 2 unspecified atom stereocenters. The van der Waals surface area contributed by atoms with Crippen LogP contribution in [0.25, 0.3) is 45.2 Å². The Hall–Kier alpha value is -2.48. The van der Waals surface area contributed by atoms with Crippen LogP contribution in [0.4, 0.5) is 0 Å². The van der Waals surface area contributed by atoms with Crippen molar-refractivity contribution in [3.05, 3.63) is 142 Å². The van der Waals surface area contributed by atoms with E-state index in [1.807, 2.05) is 0 Å². The molecule has 0 radical (unpaired) electrons. The molecule has 0 N–H and O–H groups in total. The molecular weight excluding hydrogens is 719 g/mol. The van der Waals surface area contributed by atoms with Crippen LogP contribution in [-0.4, -0.2) is 5.92 Å². The molecule has 0 nitrogen and oxygen atoms in total. The fourth-order valence-corrected chi connectivity index (χ4v) is 41.0. The van der Waals surface area contributed by atoms with Gasteiger partial charge in [-0.3, -0.25) is 0 Å². The first-order valence-corrected chi connectivity index (χ1v) is 33.8. The van der Waals surface area contributed by atoms with Gasteiger partial charge in [-0.15, -0.1) is 0 Å². The molecule has 0 heterocycles. The molecule has 7 rings (SSSR count). The van der Waals surface area contributed by atoms with Crippen molar-refractivity contribution in [2.45, 2.75) is 67.3 Å². The minimum absolute atomic E-state index is 0.0698. The van der Waals surface area contributed by atoms with Crippen molar-refractivity contribution < 1.29 is 15.6 Å². The van der Waals surface area contributed by atoms with Gasteiger partial charge in [-0.1, -0.05) is 0 Å². The third-order valence-electron chi connectivity index (χ3n) is 11.4. The van der Waals surface area contributed by atoms with E-state index in [9.17, 15) is 0 Å². The van der Waals surface area contributed by atoms with Gasteiger partial charge in [0.25, 0.3) is 0 Å². The van der Waals surface area contributed by atoms with E-state index in [1.165, 1.54) is 72.0 Å². The molecule has 0 amide bonds. The van der Waals surface area contributed by atoms with E-state index < -0.39 is 21.5 Å². The summed E-state index contributed by atoms with van der Waals surface area (Å²) < 4.78 is 0.143. The van der Waals surface area contributed by atoms with Crippen LogP contribution in [0.1, 0.15) is 76.6 Å². The number of benzene rings is 5. The average Bonchev–Trinajstić information content (AvgIpc) is 3.63. The Bertz CT molecular complexity index is 2120. The van der Waals surface area contributed by atoms with Crippen LogP contribution < -0.4 is 0 Å². The van der Waals surface area contributed by atoms with Crippen molar-refractivity contribution >= 4 is 45.9 Å². The second-order valence-corrected chi connectivity index (χ2v) is 58.4. The summed E-state index contributed by atoms with van der Waals surface area (Å²) in [6.07, 6.45) is 4.90. The normalized spacial score (nSPS) is 18.5. The predicted molar refractivity (Wildman–Crippen MR) is 212 cm³/mol. The summed E-state index contributed by atoms with van der Waals surface area (Å²) >= 11 is -4.84. The van der Waals surface area contributed by atoms with Crippen molar-refractivity contribution in [2.75, 3.05) is 0 Å². The molecule has 0 aliphatic heterocycles.